The second-order valence-corrected chi connectivity index (χ2v) is 6.07. The molecule has 0 saturated carbocycles. The highest BCUT2D eigenvalue weighted by Gasteiger charge is 2.15. The van der Waals surface area contributed by atoms with Crippen LogP contribution in [0.25, 0.3) is 0 Å². The third kappa shape index (κ3) is 3.76. The minimum atomic E-state index is -0.419. The summed E-state index contributed by atoms with van der Waals surface area (Å²) in [7, 11) is 0. The first-order valence-corrected chi connectivity index (χ1v) is 7.51. The number of halogens is 3. The van der Waals surface area contributed by atoms with Crippen molar-refractivity contribution in [1.82, 2.24) is 5.32 Å². The van der Waals surface area contributed by atoms with Crippen LogP contribution in [0, 0.1) is 15.2 Å². The van der Waals surface area contributed by atoms with Crippen molar-refractivity contribution in [3.8, 4) is 0 Å². The van der Waals surface area contributed by atoms with E-state index in [1.807, 2.05) is 38.1 Å². The highest BCUT2D eigenvalue weighted by Crippen LogP contribution is 2.22. The first kappa shape index (κ1) is 15.4. The summed E-state index contributed by atoms with van der Waals surface area (Å²) in [5, 5.41) is 3.29. The quantitative estimate of drug-likeness (QED) is 0.730. The van der Waals surface area contributed by atoms with Gasteiger partial charge in [-0.25, -0.2) is 8.78 Å². The molecule has 0 fully saturated rings. The molecule has 20 heavy (non-hydrogen) atoms. The maximum absolute atomic E-state index is 13.7. The molecule has 0 aliphatic rings. The van der Waals surface area contributed by atoms with Crippen molar-refractivity contribution in [2.24, 2.45) is 0 Å². The molecule has 0 spiro atoms. The molecule has 0 amide bonds. The van der Waals surface area contributed by atoms with Crippen LogP contribution in [0.4, 0.5) is 8.78 Å². The van der Waals surface area contributed by atoms with Gasteiger partial charge >= 0.3 is 0 Å². The van der Waals surface area contributed by atoms with Gasteiger partial charge in [-0.15, -0.1) is 0 Å². The Morgan fingerprint density at radius 2 is 1.60 bits per heavy atom. The van der Waals surface area contributed by atoms with Crippen molar-refractivity contribution in [3.63, 3.8) is 0 Å². The fourth-order valence-electron chi connectivity index (χ4n) is 2.16. The Hall–Kier alpha value is -1.01. The molecule has 0 bridgehead atoms. The van der Waals surface area contributed by atoms with Gasteiger partial charge in [-0.1, -0.05) is 12.1 Å². The molecule has 2 aromatic carbocycles. The number of nitrogens with one attached hydrogen (secondary N) is 1. The molecule has 106 valence electrons. The van der Waals surface area contributed by atoms with Crippen LogP contribution in [-0.2, 0) is 0 Å². The van der Waals surface area contributed by atoms with E-state index in [9.17, 15) is 8.78 Å². The smallest absolute Gasteiger partial charge is 0.128 e. The topological polar surface area (TPSA) is 12.0 Å². The summed E-state index contributed by atoms with van der Waals surface area (Å²) in [6.45, 7) is 3.84. The molecular weight excluding hydrogens is 371 g/mol. The number of hydrogen-bond donors (Lipinski definition) is 1. The Balaban J connectivity index is 2.12. The lowest BCUT2D eigenvalue weighted by atomic mass is 10.0. The van der Waals surface area contributed by atoms with Crippen LogP contribution in [0.5, 0.6) is 0 Å². The molecule has 0 aliphatic heterocycles. The first-order valence-electron chi connectivity index (χ1n) is 6.44. The van der Waals surface area contributed by atoms with Crippen LogP contribution in [0.1, 0.15) is 37.1 Å². The van der Waals surface area contributed by atoms with Crippen LogP contribution in [0.15, 0.2) is 42.5 Å². The molecule has 0 saturated heterocycles. The lowest BCUT2D eigenvalue weighted by molar-refractivity contribution is 0.470. The monoisotopic (exact) mass is 387 g/mol. The third-order valence-corrected chi connectivity index (χ3v) is 4.01. The van der Waals surface area contributed by atoms with E-state index in [0.717, 1.165) is 11.6 Å². The molecule has 2 aromatic rings. The van der Waals surface area contributed by atoms with Gasteiger partial charge in [0.25, 0.3) is 0 Å². The summed E-state index contributed by atoms with van der Waals surface area (Å²) >= 11 is 2.25. The summed E-state index contributed by atoms with van der Waals surface area (Å²) < 4.78 is 28.1. The Bertz CT molecular complexity index is 584. The van der Waals surface area contributed by atoms with E-state index in [4.69, 9.17) is 0 Å². The zero-order valence-electron chi connectivity index (χ0n) is 11.3. The van der Waals surface area contributed by atoms with E-state index < -0.39 is 5.82 Å². The van der Waals surface area contributed by atoms with E-state index in [-0.39, 0.29) is 17.9 Å². The maximum atomic E-state index is 13.7. The van der Waals surface area contributed by atoms with Crippen LogP contribution in [-0.4, -0.2) is 0 Å². The van der Waals surface area contributed by atoms with Crippen molar-refractivity contribution in [2.45, 2.75) is 25.9 Å². The first-order chi connectivity index (χ1) is 9.47. The number of rotatable bonds is 4. The average Bonchev–Trinajstić information content (AvgIpc) is 2.42. The Labute approximate surface area is 131 Å². The van der Waals surface area contributed by atoms with Gasteiger partial charge in [-0.05, 0) is 72.3 Å². The normalized spacial score (nSPS) is 14.1. The largest absolute Gasteiger partial charge is 0.304 e. The Morgan fingerprint density at radius 3 is 2.25 bits per heavy atom. The van der Waals surface area contributed by atoms with Crippen molar-refractivity contribution >= 4 is 22.6 Å². The van der Waals surface area contributed by atoms with Crippen LogP contribution < -0.4 is 5.32 Å². The fourth-order valence-corrected chi connectivity index (χ4v) is 2.52. The van der Waals surface area contributed by atoms with E-state index in [1.54, 1.807) is 0 Å². The fraction of sp³-hybridized carbons (Fsp3) is 0.250. The van der Waals surface area contributed by atoms with E-state index >= 15 is 0 Å². The second kappa shape index (κ2) is 6.63. The Kier molecular flexibility index (Phi) is 5.10. The van der Waals surface area contributed by atoms with Gasteiger partial charge in [0.15, 0.2) is 0 Å². The summed E-state index contributed by atoms with van der Waals surface area (Å²) in [6.07, 6.45) is 0. The van der Waals surface area contributed by atoms with Crippen molar-refractivity contribution < 1.29 is 8.78 Å². The predicted molar refractivity (Wildman–Crippen MR) is 85.5 cm³/mol. The standard InChI is InChI=1S/C16H16F2IN/c1-10(12-3-6-14(19)7-4-12)20-11(2)15-9-13(17)5-8-16(15)18/h3-11,20H,1-2H3. The number of benzene rings is 2. The van der Waals surface area contributed by atoms with Gasteiger partial charge in [0.05, 0.1) is 0 Å². The van der Waals surface area contributed by atoms with Gasteiger partial charge in [0.1, 0.15) is 11.6 Å². The summed E-state index contributed by atoms with van der Waals surface area (Å²) in [5.41, 5.74) is 1.47. The highest BCUT2D eigenvalue weighted by molar-refractivity contribution is 14.1. The van der Waals surface area contributed by atoms with Crippen molar-refractivity contribution in [3.05, 3.63) is 68.8 Å². The highest BCUT2D eigenvalue weighted by atomic mass is 127. The molecule has 0 aliphatic carbocycles. The molecule has 0 aromatic heterocycles. The molecule has 2 unspecified atom stereocenters. The second-order valence-electron chi connectivity index (χ2n) is 4.83. The minimum absolute atomic E-state index is 0.0599. The average molecular weight is 387 g/mol. The lowest BCUT2D eigenvalue weighted by Gasteiger charge is -2.21. The lowest BCUT2D eigenvalue weighted by Crippen LogP contribution is -2.23. The van der Waals surface area contributed by atoms with Crippen LogP contribution in [0.3, 0.4) is 0 Å². The molecule has 1 nitrogen and oxygen atoms in total. The zero-order valence-corrected chi connectivity index (χ0v) is 13.5. The molecule has 4 heteroatoms. The third-order valence-electron chi connectivity index (χ3n) is 3.29. The SMILES string of the molecule is CC(NC(C)c1cc(F)ccc1F)c1ccc(I)cc1. The predicted octanol–water partition coefficient (Wildman–Crippen LogP) is 4.98. The summed E-state index contributed by atoms with van der Waals surface area (Å²) in [6, 6.07) is 11.5. The molecule has 2 atom stereocenters. The van der Waals surface area contributed by atoms with Crippen molar-refractivity contribution in [2.75, 3.05) is 0 Å². The van der Waals surface area contributed by atoms with Crippen molar-refractivity contribution in [1.29, 1.82) is 0 Å². The van der Waals surface area contributed by atoms with Gasteiger partial charge in [0, 0.05) is 21.2 Å². The van der Waals surface area contributed by atoms with Gasteiger partial charge in [-0.3, -0.25) is 0 Å². The minimum Gasteiger partial charge on any atom is -0.304 e. The maximum Gasteiger partial charge on any atom is 0.128 e. The zero-order chi connectivity index (χ0) is 14.7. The van der Waals surface area contributed by atoms with Crippen LogP contribution >= 0.6 is 22.6 Å². The van der Waals surface area contributed by atoms with E-state index in [0.29, 0.717) is 5.56 Å². The molecule has 1 N–H and O–H groups in total. The Morgan fingerprint density at radius 1 is 0.950 bits per heavy atom. The van der Waals surface area contributed by atoms with Gasteiger partial charge in [0.2, 0.25) is 0 Å². The molecule has 0 heterocycles. The molecule has 0 radical (unpaired) electrons. The molecular formula is C16H16F2IN. The molecule has 2 rings (SSSR count). The van der Waals surface area contributed by atoms with Gasteiger partial charge in [-0.2, -0.15) is 0 Å². The summed E-state index contributed by atoms with van der Waals surface area (Å²) in [5.74, 6) is -0.807. The van der Waals surface area contributed by atoms with E-state index in [1.165, 1.54) is 15.7 Å². The summed E-state index contributed by atoms with van der Waals surface area (Å²) in [4.78, 5) is 0. The van der Waals surface area contributed by atoms with E-state index in [2.05, 4.69) is 27.9 Å². The van der Waals surface area contributed by atoms with Gasteiger partial charge < -0.3 is 5.32 Å². The van der Waals surface area contributed by atoms with Crippen LogP contribution in [0.2, 0.25) is 0 Å². The number of hydrogen-bond acceptors (Lipinski definition) is 1.